The van der Waals surface area contributed by atoms with Crippen LogP contribution < -0.4 is 9.47 Å². The molecule has 36 heavy (non-hydrogen) atoms. The Morgan fingerprint density at radius 2 is 1.58 bits per heavy atom. The van der Waals surface area contributed by atoms with Gasteiger partial charge in [0.2, 0.25) is 0 Å². The Balaban J connectivity index is 1.47. The third-order valence-corrected chi connectivity index (χ3v) is 5.37. The van der Waals surface area contributed by atoms with Crippen molar-refractivity contribution in [1.82, 2.24) is 4.57 Å². The van der Waals surface area contributed by atoms with E-state index >= 15 is 4.39 Å². The lowest BCUT2D eigenvalue weighted by Crippen LogP contribution is -2.17. The van der Waals surface area contributed by atoms with Crippen molar-refractivity contribution in [3.8, 4) is 22.8 Å². The number of aryl methyl sites for hydroxylation is 1. The fourth-order valence-electron chi connectivity index (χ4n) is 3.84. The number of hydrogen-bond acceptors (Lipinski definition) is 3. The first-order chi connectivity index (χ1) is 17.3. The van der Waals surface area contributed by atoms with Gasteiger partial charge in [-0.25, -0.2) is 4.39 Å². The van der Waals surface area contributed by atoms with E-state index in [-0.39, 0.29) is 12.4 Å². The maximum Gasteiger partial charge on any atom is 0.573 e. The Hall–Kier alpha value is -3.78. The van der Waals surface area contributed by atoms with Crippen molar-refractivity contribution in [3.63, 3.8) is 0 Å². The molecule has 1 aromatic heterocycles. The van der Waals surface area contributed by atoms with Crippen molar-refractivity contribution in [2.45, 2.75) is 26.4 Å². The van der Waals surface area contributed by atoms with E-state index in [1.54, 1.807) is 24.3 Å². The summed E-state index contributed by atoms with van der Waals surface area (Å²) in [6.07, 6.45) is -2.89. The van der Waals surface area contributed by atoms with Gasteiger partial charge >= 0.3 is 6.36 Å². The van der Waals surface area contributed by atoms with E-state index in [4.69, 9.17) is 9.47 Å². The monoisotopic (exact) mass is 499 g/mol. The highest BCUT2D eigenvalue weighted by molar-refractivity contribution is 5.69. The SMILES string of the molecule is Cc1cc(-c2c(F)cccc2OCCOCc2ccccc2)n(Cc2ccc(OC(F)(F)F)cc2)c1. The molecular formula is C28H25F4NO3. The molecule has 0 aliphatic rings. The fourth-order valence-corrected chi connectivity index (χ4v) is 3.84. The first-order valence-corrected chi connectivity index (χ1v) is 11.3. The van der Waals surface area contributed by atoms with Crippen LogP contribution in [0.5, 0.6) is 11.5 Å². The van der Waals surface area contributed by atoms with E-state index in [2.05, 4.69) is 4.74 Å². The fraction of sp³-hybridized carbons (Fsp3) is 0.214. The molecule has 0 saturated heterocycles. The van der Waals surface area contributed by atoms with Gasteiger partial charge < -0.3 is 18.8 Å². The smallest absolute Gasteiger partial charge is 0.490 e. The first kappa shape index (κ1) is 25.3. The van der Waals surface area contributed by atoms with E-state index in [9.17, 15) is 13.2 Å². The number of halogens is 4. The second-order valence-electron chi connectivity index (χ2n) is 8.22. The first-order valence-electron chi connectivity index (χ1n) is 11.3. The number of nitrogens with zero attached hydrogens (tertiary/aromatic N) is 1. The van der Waals surface area contributed by atoms with Gasteiger partial charge in [0.15, 0.2) is 0 Å². The second kappa shape index (κ2) is 11.3. The van der Waals surface area contributed by atoms with Crippen molar-refractivity contribution in [3.05, 3.63) is 108 Å². The lowest BCUT2D eigenvalue weighted by atomic mass is 10.1. The van der Waals surface area contributed by atoms with Crippen LogP contribution >= 0.6 is 0 Å². The van der Waals surface area contributed by atoms with Crippen LogP contribution in [-0.4, -0.2) is 24.1 Å². The minimum atomic E-state index is -4.75. The summed E-state index contributed by atoms with van der Waals surface area (Å²) < 4.78 is 69.6. The normalized spacial score (nSPS) is 11.5. The molecule has 4 nitrogen and oxygen atoms in total. The summed E-state index contributed by atoms with van der Waals surface area (Å²) in [5.41, 5.74) is 3.60. The van der Waals surface area contributed by atoms with Gasteiger partial charge in [-0.2, -0.15) is 0 Å². The Bertz CT molecular complexity index is 1270. The third-order valence-electron chi connectivity index (χ3n) is 5.37. The zero-order valence-electron chi connectivity index (χ0n) is 19.6. The van der Waals surface area contributed by atoms with Crippen molar-refractivity contribution in [2.75, 3.05) is 13.2 Å². The van der Waals surface area contributed by atoms with E-state index in [1.165, 1.54) is 18.2 Å². The summed E-state index contributed by atoms with van der Waals surface area (Å²) in [4.78, 5) is 0. The molecule has 0 N–H and O–H groups in total. The number of aromatic nitrogens is 1. The standard InChI is InChI=1S/C28H25F4NO3/c1-20-16-25(33(17-20)18-21-10-12-23(13-11-21)36-28(30,31)32)27-24(29)8-5-9-26(27)35-15-14-34-19-22-6-3-2-4-7-22/h2-13,16-17H,14-15,18-19H2,1H3. The minimum Gasteiger partial charge on any atom is -0.490 e. The van der Waals surface area contributed by atoms with Crippen LogP contribution in [0.3, 0.4) is 0 Å². The van der Waals surface area contributed by atoms with E-state index in [1.807, 2.05) is 54.1 Å². The molecule has 3 aromatic carbocycles. The van der Waals surface area contributed by atoms with Gasteiger partial charge in [0.1, 0.15) is 23.9 Å². The molecule has 0 fully saturated rings. The molecule has 0 unspecified atom stereocenters. The maximum atomic E-state index is 15.0. The minimum absolute atomic E-state index is 0.240. The molecule has 0 aliphatic carbocycles. The van der Waals surface area contributed by atoms with Crippen molar-refractivity contribution >= 4 is 0 Å². The lowest BCUT2D eigenvalue weighted by molar-refractivity contribution is -0.274. The average Bonchev–Trinajstić information content (AvgIpc) is 3.19. The summed E-state index contributed by atoms with van der Waals surface area (Å²) in [6, 6.07) is 21.9. The van der Waals surface area contributed by atoms with Crippen LogP contribution in [0, 0.1) is 12.7 Å². The van der Waals surface area contributed by atoms with Gasteiger partial charge in [-0.1, -0.05) is 48.5 Å². The summed E-state index contributed by atoms with van der Waals surface area (Å²) in [5, 5.41) is 0. The molecule has 188 valence electrons. The number of ether oxygens (including phenoxy) is 3. The zero-order valence-corrected chi connectivity index (χ0v) is 19.6. The summed E-state index contributed by atoms with van der Waals surface area (Å²) in [5.74, 6) is -0.355. The van der Waals surface area contributed by atoms with E-state index in [0.717, 1.165) is 16.7 Å². The molecule has 0 amide bonds. The van der Waals surface area contributed by atoms with Crippen LogP contribution in [0.25, 0.3) is 11.3 Å². The van der Waals surface area contributed by atoms with Crippen LogP contribution in [0.15, 0.2) is 85.1 Å². The Morgan fingerprint density at radius 3 is 2.31 bits per heavy atom. The highest BCUT2D eigenvalue weighted by atomic mass is 19.4. The van der Waals surface area contributed by atoms with Crippen LogP contribution in [0.2, 0.25) is 0 Å². The quantitative estimate of drug-likeness (QED) is 0.172. The molecule has 4 rings (SSSR count). The maximum absolute atomic E-state index is 15.0. The molecule has 0 bridgehead atoms. The van der Waals surface area contributed by atoms with Crippen LogP contribution in [0.1, 0.15) is 16.7 Å². The molecule has 0 spiro atoms. The van der Waals surface area contributed by atoms with Crippen molar-refractivity contribution in [2.24, 2.45) is 0 Å². The third kappa shape index (κ3) is 6.88. The molecule has 8 heteroatoms. The van der Waals surface area contributed by atoms with Gasteiger partial charge in [-0.3, -0.25) is 0 Å². The van der Waals surface area contributed by atoms with Crippen molar-refractivity contribution < 1.29 is 31.8 Å². The van der Waals surface area contributed by atoms with Gasteiger partial charge in [0.05, 0.1) is 24.5 Å². The van der Waals surface area contributed by atoms with Gasteiger partial charge in [-0.05, 0) is 53.9 Å². The second-order valence-corrected chi connectivity index (χ2v) is 8.22. The largest absolute Gasteiger partial charge is 0.573 e. The Kier molecular flexibility index (Phi) is 7.95. The van der Waals surface area contributed by atoms with E-state index in [0.29, 0.717) is 36.8 Å². The number of benzene rings is 3. The molecule has 1 heterocycles. The highest BCUT2D eigenvalue weighted by Gasteiger charge is 2.31. The molecule has 0 radical (unpaired) electrons. The lowest BCUT2D eigenvalue weighted by Gasteiger charge is -2.15. The summed E-state index contributed by atoms with van der Waals surface area (Å²) in [7, 11) is 0. The molecule has 0 atom stereocenters. The summed E-state index contributed by atoms with van der Waals surface area (Å²) >= 11 is 0. The topological polar surface area (TPSA) is 32.6 Å². The molecular weight excluding hydrogens is 474 g/mol. The average molecular weight is 500 g/mol. The zero-order chi connectivity index (χ0) is 25.5. The molecule has 0 saturated carbocycles. The van der Waals surface area contributed by atoms with Crippen molar-refractivity contribution in [1.29, 1.82) is 0 Å². The van der Waals surface area contributed by atoms with Crippen LogP contribution in [0.4, 0.5) is 17.6 Å². The Morgan fingerprint density at radius 1 is 0.833 bits per heavy atom. The number of alkyl halides is 3. The van der Waals surface area contributed by atoms with Gasteiger partial charge in [0.25, 0.3) is 0 Å². The molecule has 0 aliphatic heterocycles. The highest BCUT2D eigenvalue weighted by Crippen LogP contribution is 2.34. The molecule has 4 aromatic rings. The van der Waals surface area contributed by atoms with E-state index < -0.39 is 12.2 Å². The van der Waals surface area contributed by atoms with Gasteiger partial charge in [-0.15, -0.1) is 13.2 Å². The predicted molar refractivity (Wildman–Crippen MR) is 128 cm³/mol. The number of hydrogen-bond donors (Lipinski definition) is 0. The Labute approximate surface area is 206 Å². The number of rotatable bonds is 10. The predicted octanol–water partition coefficient (Wildman–Crippen LogP) is 7.15. The van der Waals surface area contributed by atoms with Crippen LogP contribution in [-0.2, 0) is 17.9 Å². The summed E-state index contributed by atoms with van der Waals surface area (Å²) in [6.45, 7) is 3.23. The van der Waals surface area contributed by atoms with Gasteiger partial charge in [0, 0.05) is 12.7 Å².